The first-order valence-electron chi connectivity index (χ1n) is 5.98. The molecule has 0 spiro atoms. The summed E-state index contributed by atoms with van der Waals surface area (Å²) in [6.07, 6.45) is 0. The number of nitrogens with one attached hydrogen (secondary N) is 1. The summed E-state index contributed by atoms with van der Waals surface area (Å²) in [4.78, 5) is 2.89. The smallest absolute Gasteiger partial charge is 0.0440 e. The first-order valence-corrected chi connectivity index (χ1v) is 7.74. The lowest BCUT2D eigenvalue weighted by atomic mass is 10.0. The summed E-state index contributed by atoms with van der Waals surface area (Å²) >= 11 is 3.68. The van der Waals surface area contributed by atoms with Crippen LogP contribution in [0.4, 0.5) is 0 Å². The second-order valence-electron chi connectivity index (χ2n) is 4.64. The largest absolute Gasteiger partial charge is 0.304 e. The zero-order valence-electron chi connectivity index (χ0n) is 10.6. The molecule has 1 atom stereocenters. The van der Waals surface area contributed by atoms with Gasteiger partial charge >= 0.3 is 0 Å². The van der Waals surface area contributed by atoms with Crippen molar-refractivity contribution >= 4 is 22.7 Å². The van der Waals surface area contributed by atoms with Crippen LogP contribution in [-0.4, -0.2) is 0 Å². The topological polar surface area (TPSA) is 12.0 Å². The number of aryl methyl sites for hydroxylation is 1. The fourth-order valence-corrected chi connectivity index (χ4v) is 3.75. The van der Waals surface area contributed by atoms with E-state index in [1.165, 1.54) is 15.3 Å². The Morgan fingerprint density at radius 3 is 2.53 bits per heavy atom. The van der Waals surface area contributed by atoms with Gasteiger partial charge in [-0.15, -0.1) is 22.7 Å². The van der Waals surface area contributed by atoms with E-state index in [9.17, 15) is 0 Å². The lowest BCUT2D eigenvalue weighted by Crippen LogP contribution is -2.24. The predicted molar refractivity (Wildman–Crippen MR) is 77.8 cm³/mol. The van der Waals surface area contributed by atoms with Crippen molar-refractivity contribution in [3.63, 3.8) is 0 Å². The van der Waals surface area contributed by atoms with Gasteiger partial charge in [-0.1, -0.05) is 19.9 Å². The summed E-state index contributed by atoms with van der Waals surface area (Å²) in [5, 5.41) is 8.01. The normalized spacial score (nSPS) is 13.2. The third-order valence-corrected chi connectivity index (χ3v) is 4.95. The van der Waals surface area contributed by atoms with Crippen molar-refractivity contribution in [2.24, 2.45) is 5.92 Å². The van der Waals surface area contributed by atoms with Gasteiger partial charge in [0.1, 0.15) is 0 Å². The van der Waals surface area contributed by atoms with Crippen molar-refractivity contribution < 1.29 is 0 Å². The molecule has 92 valence electrons. The minimum Gasteiger partial charge on any atom is -0.304 e. The van der Waals surface area contributed by atoms with Crippen molar-refractivity contribution in [1.29, 1.82) is 0 Å². The maximum Gasteiger partial charge on any atom is 0.0440 e. The first kappa shape index (κ1) is 12.8. The minimum atomic E-state index is 0.469. The van der Waals surface area contributed by atoms with Gasteiger partial charge in [0.2, 0.25) is 0 Å². The van der Waals surface area contributed by atoms with Crippen molar-refractivity contribution in [2.75, 3.05) is 0 Å². The Hall–Kier alpha value is -0.640. The Bertz CT molecular complexity index is 442. The van der Waals surface area contributed by atoms with Crippen LogP contribution >= 0.6 is 22.7 Å². The second kappa shape index (κ2) is 5.80. The summed E-state index contributed by atoms with van der Waals surface area (Å²) in [5.74, 6) is 0.619. The Kier molecular flexibility index (Phi) is 4.37. The monoisotopic (exact) mass is 265 g/mol. The highest BCUT2D eigenvalue weighted by atomic mass is 32.1. The summed E-state index contributed by atoms with van der Waals surface area (Å²) in [5.41, 5.74) is 1.40. The SMILES string of the molecule is Cc1ccsc1CNC(c1cccs1)C(C)C. The van der Waals surface area contributed by atoms with Crippen molar-refractivity contribution in [1.82, 2.24) is 5.32 Å². The van der Waals surface area contributed by atoms with Crippen LogP contribution in [0.5, 0.6) is 0 Å². The molecule has 17 heavy (non-hydrogen) atoms. The van der Waals surface area contributed by atoms with Gasteiger partial charge in [0, 0.05) is 22.3 Å². The average molecular weight is 265 g/mol. The van der Waals surface area contributed by atoms with E-state index in [1.54, 1.807) is 0 Å². The van der Waals surface area contributed by atoms with E-state index in [1.807, 2.05) is 22.7 Å². The van der Waals surface area contributed by atoms with Crippen LogP contribution < -0.4 is 5.32 Å². The molecule has 2 aromatic rings. The molecule has 0 aliphatic heterocycles. The van der Waals surface area contributed by atoms with Gasteiger partial charge in [0.25, 0.3) is 0 Å². The Balaban J connectivity index is 2.02. The van der Waals surface area contributed by atoms with Crippen LogP contribution in [0.15, 0.2) is 29.0 Å². The highest BCUT2D eigenvalue weighted by molar-refractivity contribution is 7.10. The molecule has 0 fully saturated rings. The molecule has 0 aliphatic rings. The third-order valence-electron chi connectivity index (χ3n) is 2.97. The maximum absolute atomic E-state index is 3.69. The van der Waals surface area contributed by atoms with E-state index in [2.05, 4.69) is 55.0 Å². The van der Waals surface area contributed by atoms with Gasteiger partial charge in [-0.3, -0.25) is 0 Å². The van der Waals surface area contributed by atoms with E-state index in [4.69, 9.17) is 0 Å². The minimum absolute atomic E-state index is 0.469. The zero-order valence-corrected chi connectivity index (χ0v) is 12.2. The lowest BCUT2D eigenvalue weighted by Gasteiger charge is -2.21. The zero-order chi connectivity index (χ0) is 12.3. The molecule has 2 heterocycles. The van der Waals surface area contributed by atoms with Gasteiger partial charge < -0.3 is 5.32 Å². The van der Waals surface area contributed by atoms with Crippen LogP contribution in [-0.2, 0) is 6.54 Å². The highest BCUT2D eigenvalue weighted by Gasteiger charge is 2.16. The molecule has 0 saturated carbocycles. The van der Waals surface area contributed by atoms with Crippen molar-refractivity contribution in [3.8, 4) is 0 Å². The van der Waals surface area contributed by atoms with Gasteiger partial charge in [0.05, 0.1) is 0 Å². The molecule has 2 aromatic heterocycles. The van der Waals surface area contributed by atoms with Gasteiger partial charge in [-0.05, 0) is 41.3 Å². The predicted octanol–water partition coefficient (Wildman–Crippen LogP) is 4.60. The van der Waals surface area contributed by atoms with Gasteiger partial charge in [-0.25, -0.2) is 0 Å². The van der Waals surface area contributed by atoms with Crippen LogP contribution in [0.25, 0.3) is 0 Å². The van der Waals surface area contributed by atoms with Crippen molar-refractivity contribution in [3.05, 3.63) is 44.3 Å². The van der Waals surface area contributed by atoms with Crippen LogP contribution in [0.1, 0.15) is 35.2 Å². The molecule has 2 rings (SSSR count). The Morgan fingerprint density at radius 1 is 1.18 bits per heavy atom. The van der Waals surface area contributed by atoms with E-state index >= 15 is 0 Å². The summed E-state index contributed by atoms with van der Waals surface area (Å²) in [7, 11) is 0. The third kappa shape index (κ3) is 3.18. The molecule has 0 aromatic carbocycles. The second-order valence-corrected chi connectivity index (χ2v) is 6.62. The van der Waals surface area contributed by atoms with Crippen LogP contribution in [0.2, 0.25) is 0 Å². The van der Waals surface area contributed by atoms with Crippen LogP contribution in [0.3, 0.4) is 0 Å². The van der Waals surface area contributed by atoms with E-state index in [0.29, 0.717) is 12.0 Å². The Morgan fingerprint density at radius 2 is 2.00 bits per heavy atom. The molecule has 0 radical (unpaired) electrons. The van der Waals surface area contributed by atoms with E-state index < -0.39 is 0 Å². The first-order chi connectivity index (χ1) is 8.18. The molecule has 1 nitrogen and oxygen atoms in total. The van der Waals surface area contributed by atoms with Gasteiger partial charge in [0.15, 0.2) is 0 Å². The molecule has 0 amide bonds. The number of hydrogen-bond acceptors (Lipinski definition) is 3. The summed E-state index contributed by atoms with van der Waals surface area (Å²) in [6.45, 7) is 7.71. The molecular weight excluding hydrogens is 246 g/mol. The van der Waals surface area contributed by atoms with Crippen LogP contribution in [0, 0.1) is 12.8 Å². The quantitative estimate of drug-likeness (QED) is 0.832. The number of hydrogen-bond donors (Lipinski definition) is 1. The molecule has 0 bridgehead atoms. The van der Waals surface area contributed by atoms with Gasteiger partial charge in [-0.2, -0.15) is 0 Å². The fraction of sp³-hybridized carbons (Fsp3) is 0.429. The molecule has 0 aliphatic carbocycles. The standard InChI is InChI=1S/C14H19NS2/c1-10(2)14(12-5-4-7-16-12)15-9-13-11(3)6-8-17-13/h4-8,10,14-15H,9H2,1-3H3. The summed E-state index contributed by atoms with van der Waals surface area (Å²) < 4.78 is 0. The summed E-state index contributed by atoms with van der Waals surface area (Å²) in [6, 6.07) is 7.02. The average Bonchev–Trinajstić information content (AvgIpc) is 2.91. The van der Waals surface area contributed by atoms with E-state index in [0.717, 1.165) is 6.54 Å². The highest BCUT2D eigenvalue weighted by Crippen LogP contribution is 2.27. The maximum atomic E-state index is 3.69. The fourth-order valence-electron chi connectivity index (χ4n) is 1.92. The Labute approximate surface area is 112 Å². The number of thiophene rings is 2. The molecule has 0 saturated heterocycles. The molecule has 1 unspecified atom stereocenters. The molecular formula is C14H19NS2. The number of rotatable bonds is 5. The van der Waals surface area contributed by atoms with E-state index in [-0.39, 0.29) is 0 Å². The molecule has 1 N–H and O–H groups in total. The van der Waals surface area contributed by atoms with Crippen molar-refractivity contribution in [2.45, 2.75) is 33.4 Å². The molecule has 3 heteroatoms. The lowest BCUT2D eigenvalue weighted by molar-refractivity contribution is 0.418.